The standard InChI is InChI=1S/C14H19NO3/c16-14(11-3-1-2-6-15-11)10-4-5-12-13(9-10)18-8-7-17-12/h4-5,9,11,14-16H,1-3,6-8H2. The van der Waals surface area contributed by atoms with Crippen LogP contribution in [0.4, 0.5) is 0 Å². The third kappa shape index (κ3) is 2.31. The van der Waals surface area contributed by atoms with Crippen LogP contribution in [-0.4, -0.2) is 30.9 Å². The van der Waals surface area contributed by atoms with E-state index in [4.69, 9.17) is 9.47 Å². The Balaban J connectivity index is 1.78. The third-order valence-corrected chi connectivity index (χ3v) is 3.64. The summed E-state index contributed by atoms with van der Waals surface area (Å²) < 4.78 is 11.0. The van der Waals surface area contributed by atoms with Crippen LogP contribution in [0.5, 0.6) is 11.5 Å². The van der Waals surface area contributed by atoms with Gasteiger partial charge < -0.3 is 19.9 Å². The zero-order chi connectivity index (χ0) is 12.4. The van der Waals surface area contributed by atoms with Crippen molar-refractivity contribution >= 4 is 0 Å². The Morgan fingerprint density at radius 2 is 2.00 bits per heavy atom. The largest absolute Gasteiger partial charge is 0.486 e. The minimum absolute atomic E-state index is 0.154. The van der Waals surface area contributed by atoms with E-state index in [-0.39, 0.29) is 6.04 Å². The average Bonchev–Trinajstić information content (AvgIpc) is 2.47. The average molecular weight is 249 g/mol. The van der Waals surface area contributed by atoms with Gasteiger partial charge in [0.1, 0.15) is 13.2 Å². The monoisotopic (exact) mass is 249 g/mol. The molecule has 1 aromatic carbocycles. The first-order chi connectivity index (χ1) is 8.84. The molecule has 1 aromatic rings. The summed E-state index contributed by atoms with van der Waals surface area (Å²) in [4.78, 5) is 0. The molecule has 0 amide bonds. The molecule has 0 radical (unpaired) electrons. The van der Waals surface area contributed by atoms with Gasteiger partial charge in [0.05, 0.1) is 6.10 Å². The molecule has 0 aliphatic carbocycles. The smallest absolute Gasteiger partial charge is 0.161 e. The number of piperidine rings is 1. The lowest BCUT2D eigenvalue weighted by atomic mass is 9.95. The van der Waals surface area contributed by atoms with Gasteiger partial charge in [0.15, 0.2) is 11.5 Å². The van der Waals surface area contributed by atoms with Crippen molar-refractivity contribution in [1.29, 1.82) is 0 Å². The molecule has 1 saturated heterocycles. The SMILES string of the molecule is OC(c1ccc2c(c1)OCCO2)C1CCCCN1. The fourth-order valence-electron chi connectivity index (χ4n) is 2.62. The summed E-state index contributed by atoms with van der Waals surface area (Å²) in [6.45, 7) is 2.17. The Kier molecular flexibility index (Phi) is 3.39. The summed E-state index contributed by atoms with van der Waals surface area (Å²) in [5.41, 5.74) is 0.902. The molecule has 0 bridgehead atoms. The molecular formula is C14H19NO3. The molecule has 0 saturated carbocycles. The van der Waals surface area contributed by atoms with E-state index in [1.165, 1.54) is 12.8 Å². The van der Waals surface area contributed by atoms with Crippen molar-refractivity contribution in [2.24, 2.45) is 0 Å². The number of nitrogens with one attached hydrogen (secondary N) is 1. The molecular weight excluding hydrogens is 230 g/mol. The fraction of sp³-hybridized carbons (Fsp3) is 0.571. The number of rotatable bonds is 2. The van der Waals surface area contributed by atoms with Crippen molar-refractivity contribution in [3.05, 3.63) is 23.8 Å². The summed E-state index contributed by atoms with van der Waals surface area (Å²) in [6, 6.07) is 5.86. The first-order valence-corrected chi connectivity index (χ1v) is 6.65. The lowest BCUT2D eigenvalue weighted by Gasteiger charge is -2.29. The maximum Gasteiger partial charge on any atom is 0.161 e. The summed E-state index contributed by atoms with van der Waals surface area (Å²) >= 11 is 0. The van der Waals surface area contributed by atoms with Gasteiger partial charge >= 0.3 is 0 Å². The van der Waals surface area contributed by atoms with E-state index in [0.717, 1.165) is 30.0 Å². The van der Waals surface area contributed by atoms with Crippen LogP contribution in [0.2, 0.25) is 0 Å². The van der Waals surface area contributed by atoms with Crippen molar-refractivity contribution in [3.63, 3.8) is 0 Å². The molecule has 18 heavy (non-hydrogen) atoms. The molecule has 0 aromatic heterocycles. The van der Waals surface area contributed by atoms with Gasteiger partial charge in [-0.15, -0.1) is 0 Å². The summed E-state index contributed by atoms with van der Waals surface area (Å²) in [5.74, 6) is 1.52. The topological polar surface area (TPSA) is 50.7 Å². The van der Waals surface area contributed by atoms with E-state index >= 15 is 0 Å². The number of benzene rings is 1. The van der Waals surface area contributed by atoms with E-state index in [9.17, 15) is 5.11 Å². The summed E-state index contributed by atoms with van der Waals surface area (Å²) in [6.07, 6.45) is 2.93. The molecule has 4 nitrogen and oxygen atoms in total. The van der Waals surface area contributed by atoms with E-state index in [0.29, 0.717) is 13.2 Å². The molecule has 4 heteroatoms. The second kappa shape index (κ2) is 5.16. The zero-order valence-corrected chi connectivity index (χ0v) is 10.4. The molecule has 1 fully saturated rings. The Hall–Kier alpha value is -1.26. The molecule has 2 N–H and O–H groups in total. The van der Waals surface area contributed by atoms with Crippen LogP contribution in [0.1, 0.15) is 30.9 Å². The van der Waals surface area contributed by atoms with Crippen molar-refractivity contribution in [2.75, 3.05) is 19.8 Å². The van der Waals surface area contributed by atoms with Gasteiger partial charge in [0, 0.05) is 6.04 Å². The molecule has 2 atom stereocenters. The van der Waals surface area contributed by atoms with E-state index in [2.05, 4.69) is 5.32 Å². The summed E-state index contributed by atoms with van der Waals surface area (Å²) in [7, 11) is 0. The van der Waals surface area contributed by atoms with Crippen LogP contribution in [0.25, 0.3) is 0 Å². The highest BCUT2D eigenvalue weighted by Gasteiger charge is 2.24. The highest BCUT2D eigenvalue weighted by molar-refractivity contribution is 5.44. The maximum atomic E-state index is 10.4. The van der Waals surface area contributed by atoms with Crippen LogP contribution >= 0.6 is 0 Å². The first-order valence-electron chi connectivity index (χ1n) is 6.65. The van der Waals surface area contributed by atoms with Crippen LogP contribution in [0, 0.1) is 0 Å². The lowest BCUT2D eigenvalue weighted by Crippen LogP contribution is -2.38. The summed E-state index contributed by atoms with van der Waals surface area (Å²) in [5, 5.41) is 13.8. The van der Waals surface area contributed by atoms with Crippen LogP contribution in [0.15, 0.2) is 18.2 Å². The number of hydrogen-bond donors (Lipinski definition) is 2. The Bertz CT molecular complexity index is 416. The lowest BCUT2D eigenvalue weighted by molar-refractivity contribution is 0.112. The molecule has 0 spiro atoms. The number of aliphatic hydroxyl groups is 1. The van der Waals surface area contributed by atoms with Crippen LogP contribution < -0.4 is 14.8 Å². The second-order valence-corrected chi connectivity index (χ2v) is 4.90. The van der Waals surface area contributed by atoms with Gasteiger partial charge in [-0.2, -0.15) is 0 Å². The molecule has 2 unspecified atom stereocenters. The molecule has 2 aliphatic rings. The van der Waals surface area contributed by atoms with Crippen LogP contribution in [0.3, 0.4) is 0 Å². The Morgan fingerprint density at radius 3 is 2.78 bits per heavy atom. The number of hydrogen-bond acceptors (Lipinski definition) is 4. The molecule has 2 heterocycles. The predicted molar refractivity (Wildman–Crippen MR) is 68.0 cm³/mol. The highest BCUT2D eigenvalue weighted by Crippen LogP contribution is 2.34. The maximum absolute atomic E-state index is 10.4. The quantitative estimate of drug-likeness (QED) is 0.836. The van der Waals surface area contributed by atoms with E-state index in [1.807, 2.05) is 18.2 Å². The van der Waals surface area contributed by atoms with E-state index < -0.39 is 6.10 Å². The normalized spacial score (nSPS) is 24.6. The Labute approximate surface area is 107 Å². The van der Waals surface area contributed by atoms with E-state index in [1.54, 1.807) is 0 Å². The molecule has 3 rings (SSSR count). The van der Waals surface area contributed by atoms with Gasteiger partial charge in [-0.1, -0.05) is 12.5 Å². The first kappa shape index (κ1) is 11.8. The minimum atomic E-state index is -0.471. The number of aliphatic hydroxyl groups excluding tert-OH is 1. The zero-order valence-electron chi connectivity index (χ0n) is 10.4. The number of ether oxygens (including phenoxy) is 2. The van der Waals surface area contributed by atoms with Crippen molar-refractivity contribution in [1.82, 2.24) is 5.32 Å². The minimum Gasteiger partial charge on any atom is -0.486 e. The predicted octanol–water partition coefficient (Wildman–Crippen LogP) is 1.63. The van der Waals surface area contributed by atoms with Crippen LogP contribution in [-0.2, 0) is 0 Å². The van der Waals surface area contributed by atoms with Gasteiger partial charge in [-0.05, 0) is 37.1 Å². The van der Waals surface area contributed by atoms with Gasteiger partial charge in [0.25, 0.3) is 0 Å². The van der Waals surface area contributed by atoms with Crippen molar-refractivity contribution < 1.29 is 14.6 Å². The molecule has 2 aliphatic heterocycles. The third-order valence-electron chi connectivity index (χ3n) is 3.64. The van der Waals surface area contributed by atoms with Gasteiger partial charge in [-0.3, -0.25) is 0 Å². The van der Waals surface area contributed by atoms with Gasteiger partial charge in [-0.25, -0.2) is 0 Å². The highest BCUT2D eigenvalue weighted by atomic mass is 16.6. The van der Waals surface area contributed by atoms with Crippen molar-refractivity contribution in [3.8, 4) is 11.5 Å². The number of fused-ring (bicyclic) bond motifs is 1. The van der Waals surface area contributed by atoms with Crippen molar-refractivity contribution in [2.45, 2.75) is 31.4 Å². The van der Waals surface area contributed by atoms with Gasteiger partial charge in [0.2, 0.25) is 0 Å². The fourth-order valence-corrected chi connectivity index (χ4v) is 2.62. The Morgan fingerprint density at radius 1 is 1.17 bits per heavy atom. The second-order valence-electron chi connectivity index (χ2n) is 4.90. The molecule has 98 valence electrons.